The molecule has 0 spiro atoms. The van der Waals surface area contributed by atoms with Gasteiger partial charge in [0.1, 0.15) is 11.5 Å². The molecule has 2 nitrogen and oxygen atoms in total. The quantitative estimate of drug-likeness (QED) is 0.803. The van der Waals surface area contributed by atoms with Crippen LogP contribution in [0.4, 0.5) is 5.69 Å². The topological polar surface area (TPSA) is 35.2 Å². The number of hydrogen-bond acceptors (Lipinski definition) is 2. The summed E-state index contributed by atoms with van der Waals surface area (Å²) < 4.78 is 5.66. The van der Waals surface area contributed by atoms with Gasteiger partial charge in [-0.15, -0.1) is 0 Å². The van der Waals surface area contributed by atoms with E-state index in [4.69, 9.17) is 33.7 Å². The molecule has 0 bridgehead atoms. The number of nitrogen functional groups attached to an aromatic ring is 1. The number of halogens is 2. The van der Waals surface area contributed by atoms with Crippen LogP contribution in [0.15, 0.2) is 36.4 Å². The maximum Gasteiger partial charge on any atom is 0.146 e. The van der Waals surface area contributed by atoms with Gasteiger partial charge in [-0.3, -0.25) is 0 Å². The van der Waals surface area contributed by atoms with Gasteiger partial charge in [0.25, 0.3) is 0 Å². The summed E-state index contributed by atoms with van der Waals surface area (Å²) in [5.74, 6) is 1.22. The Labute approximate surface area is 110 Å². The second-order valence-electron chi connectivity index (χ2n) is 3.76. The zero-order valence-corrected chi connectivity index (χ0v) is 10.7. The molecule has 0 atom stereocenters. The standard InChI is InChI=1S/C13H11Cl2NO/c1-8-4-10(16)7-11(5-8)17-13-3-2-9(14)6-12(13)15/h2-7H,16H2,1H3. The number of nitrogens with two attached hydrogens (primary N) is 1. The molecule has 2 N–H and O–H groups in total. The van der Waals surface area contributed by atoms with E-state index in [2.05, 4.69) is 0 Å². The lowest BCUT2D eigenvalue weighted by Crippen LogP contribution is -1.90. The fourth-order valence-electron chi connectivity index (χ4n) is 1.52. The lowest BCUT2D eigenvalue weighted by atomic mass is 10.2. The highest BCUT2D eigenvalue weighted by Crippen LogP contribution is 2.32. The molecule has 0 heterocycles. The number of anilines is 1. The molecule has 2 rings (SSSR count). The minimum Gasteiger partial charge on any atom is -0.456 e. The highest BCUT2D eigenvalue weighted by atomic mass is 35.5. The van der Waals surface area contributed by atoms with Gasteiger partial charge in [-0.05, 0) is 42.8 Å². The molecule has 0 aliphatic carbocycles. The molecule has 17 heavy (non-hydrogen) atoms. The fraction of sp³-hybridized carbons (Fsp3) is 0.0769. The van der Waals surface area contributed by atoms with Gasteiger partial charge in [0.2, 0.25) is 0 Å². The Morgan fingerprint density at radius 3 is 2.47 bits per heavy atom. The summed E-state index contributed by atoms with van der Waals surface area (Å²) in [7, 11) is 0. The van der Waals surface area contributed by atoms with Crippen LogP contribution in [0.2, 0.25) is 10.0 Å². The van der Waals surface area contributed by atoms with Crippen molar-refractivity contribution in [3.63, 3.8) is 0 Å². The Morgan fingerprint density at radius 2 is 1.82 bits per heavy atom. The van der Waals surface area contributed by atoms with E-state index >= 15 is 0 Å². The van der Waals surface area contributed by atoms with Crippen molar-refractivity contribution in [3.05, 3.63) is 52.0 Å². The average molecular weight is 268 g/mol. The predicted octanol–water partition coefficient (Wildman–Crippen LogP) is 4.68. The minimum atomic E-state index is 0.470. The van der Waals surface area contributed by atoms with Crippen LogP contribution in [0.5, 0.6) is 11.5 Å². The van der Waals surface area contributed by atoms with Gasteiger partial charge in [0, 0.05) is 16.8 Å². The largest absolute Gasteiger partial charge is 0.456 e. The maximum atomic E-state index is 6.02. The number of hydrogen-bond donors (Lipinski definition) is 1. The third-order valence-electron chi connectivity index (χ3n) is 2.19. The molecule has 88 valence electrons. The summed E-state index contributed by atoms with van der Waals surface area (Å²) in [6.45, 7) is 1.95. The number of rotatable bonds is 2. The summed E-state index contributed by atoms with van der Waals surface area (Å²) in [4.78, 5) is 0. The first-order chi connectivity index (χ1) is 8.04. The molecule has 0 saturated heterocycles. The Balaban J connectivity index is 2.31. The molecule has 0 aromatic heterocycles. The third-order valence-corrected chi connectivity index (χ3v) is 2.73. The Bertz CT molecular complexity index is 535. The molecule has 0 aliphatic heterocycles. The van der Waals surface area contributed by atoms with E-state index in [1.807, 2.05) is 19.1 Å². The second-order valence-corrected chi connectivity index (χ2v) is 4.60. The third kappa shape index (κ3) is 3.05. The summed E-state index contributed by atoms with van der Waals surface area (Å²) in [5.41, 5.74) is 7.43. The lowest BCUT2D eigenvalue weighted by molar-refractivity contribution is 0.483. The molecule has 0 fully saturated rings. The van der Waals surface area contributed by atoms with E-state index in [9.17, 15) is 0 Å². The van der Waals surface area contributed by atoms with Gasteiger partial charge < -0.3 is 10.5 Å². The van der Waals surface area contributed by atoms with Gasteiger partial charge in [-0.2, -0.15) is 0 Å². The van der Waals surface area contributed by atoms with E-state index in [0.717, 1.165) is 5.56 Å². The highest BCUT2D eigenvalue weighted by molar-refractivity contribution is 6.35. The molecular formula is C13H11Cl2NO. The molecule has 0 aliphatic rings. The average Bonchev–Trinajstić information content (AvgIpc) is 2.21. The molecule has 0 amide bonds. The maximum absolute atomic E-state index is 6.02. The van der Waals surface area contributed by atoms with Crippen molar-refractivity contribution >= 4 is 28.9 Å². The summed E-state index contributed by atoms with van der Waals surface area (Å²) in [6, 6.07) is 10.6. The number of aryl methyl sites for hydroxylation is 1. The van der Waals surface area contributed by atoms with Crippen molar-refractivity contribution in [1.29, 1.82) is 0 Å². The van der Waals surface area contributed by atoms with Crippen LogP contribution < -0.4 is 10.5 Å². The minimum absolute atomic E-state index is 0.470. The van der Waals surface area contributed by atoms with Crippen LogP contribution in [-0.2, 0) is 0 Å². The zero-order valence-electron chi connectivity index (χ0n) is 9.21. The van der Waals surface area contributed by atoms with Crippen molar-refractivity contribution in [2.24, 2.45) is 0 Å². The predicted molar refractivity (Wildman–Crippen MR) is 72.1 cm³/mol. The molecule has 2 aromatic carbocycles. The first-order valence-electron chi connectivity index (χ1n) is 5.04. The Kier molecular flexibility index (Phi) is 3.46. The van der Waals surface area contributed by atoms with Crippen molar-refractivity contribution in [3.8, 4) is 11.5 Å². The van der Waals surface area contributed by atoms with E-state index in [0.29, 0.717) is 27.2 Å². The Morgan fingerprint density at radius 1 is 1.06 bits per heavy atom. The van der Waals surface area contributed by atoms with E-state index < -0.39 is 0 Å². The molecule has 0 unspecified atom stereocenters. The van der Waals surface area contributed by atoms with E-state index in [-0.39, 0.29) is 0 Å². The lowest BCUT2D eigenvalue weighted by Gasteiger charge is -2.09. The van der Waals surface area contributed by atoms with Gasteiger partial charge in [0.15, 0.2) is 0 Å². The van der Waals surface area contributed by atoms with Crippen LogP contribution in [0.1, 0.15) is 5.56 Å². The van der Waals surface area contributed by atoms with Gasteiger partial charge >= 0.3 is 0 Å². The van der Waals surface area contributed by atoms with E-state index in [1.165, 1.54) is 0 Å². The summed E-state index contributed by atoms with van der Waals surface area (Å²) in [5, 5.41) is 1.05. The van der Waals surface area contributed by atoms with Crippen LogP contribution in [0.25, 0.3) is 0 Å². The SMILES string of the molecule is Cc1cc(N)cc(Oc2ccc(Cl)cc2Cl)c1. The monoisotopic (exact) mass is 267 g/mol. The second kappa shape index (κ2) is 4.86. The highest BCUT2D eigenvalue weighted by Gasteiger charge is 2.04. The van der Waals surface area contributed by atoms with Gasteiger partial charge in [-0.25, -0.2) is 0 Å². The van der Waals surface area contributed by atoms with Gasteiger partial charge in [0.05, 0.1) is 5.02 Å². The van der Waals surface area contributed by atoms with Crippen molar-refractivity contribution in [2.45, 2.75) is 6.92 Å². The number of ether oxygens (including phenoxy) is 1. The van der Waals surface area contributed by atoms with Crippen molar-refractivity contribution < 1.29 is 4.74 Å². The van der Waals surface area contributed by atoms with Crippen molar-refractivity contribution in [1.82, 2.24) is 0 Å². The molecule has 4 heteroatoms. The van der Waals surface area contributed by atoms with E-state index in [1.54, 1.807) is 24.3 Å². The van der Waals surface area contributed by atoms with Crippen molar-refractivity contribution in [2.75, 3.05) is 5.73 Å². The normalized spacial score (nSPS) is 10.3. The summed E-state index contributed by atoms with van der Waals surface area (Å²) in [6.07, 6.45) is 0. The summed E-state index contributed by atoms with van der Waals surface area (Å²) >= 11 is 11.8. The number of benzene rings is 2. The smallest absolute Gasteiger partial charge is 0.146 e. The molecule has 0 radical (unpaired) electrons. The Hall–Kier alpha value is -1.38. The fourth-order valence-corrected chi connectivity index (χ4v) is 1.97. The molecule has 2 aromatic rings. The first kappa shape index (κ1) is 12.1. The molecule has 0 saturated carbocycles. The van der Waals surface area contributed by atoms with Crippen LogP contribution in [0.3, 0.4) is 0 Å². The zero-order chi connectivity index (χ0) is 12.4. The van der Waals surface area contributed by atoms with Crippen LogP contribution in [-0.4, -0.2) is 0 Å². The molecular weight excluding hydrogens is 257 g/mol. The van der Waals surface area contributed by atoms with Crippen LogP contribution in [0, 0.1) is 6.92 Å². The van der Waals surface area contributed by atoms with Crippen LogP contribution >= 0.6 is 23.2 Å². The van der Waals surface area contributed by atoms with Gasteiger partial charge in [-0.1, -0.05) is 23.2 Å². The first-order valence-corrected chi connectivity index (χ1v) is 5.80.